The van der Waals surface area contributed by atoms with Crippen molar-refractivity contribution in [1.82, 2.24) is 19.7 Å². The van der Waals surface area contributed by atoms with E-state index in [0.717, 1.165) is 19.3 Å². The summed E-state index contributed by atoms with van der Waals surface area (Å²) in [6.07, 6.45) is 2.99. The van der Waals surface area contributed by atoms with Gasteiger partial charge in [-0.15, -0.1) is 10.2 Å². The monoisotopic (exact) mass is 442 g/mol. The predicted molar refractivity (Wildman–Crippen MR) is 110 cm³/mol. The number of hydrogen-bond acceptors (Lipinski definition) is 9. The van der Waals surface area contributed by atoms with Crippen molar-refractivity contribution in [2.24, 2.45) is 5.92 Å². The van der Waals surface area contributed by atoms with Crippen LogP contribution in [-0.4, -0.2) is 50.2 Å². The largest absolute Gasteiger partial charge is 0.494 e. The molecule has 2 aromatic heterocycles. The fourth-order valence-corrected chi connectivity index (χ4v) is 3.49. The summed E-state index contributed by atoms with van der Waals surface area (Å²) in [5.74, 6) is -0.638. The molecule has 2 N–H and O–H groups in total. The lowest BCUT2D eigenvalue weighted by Gasteiger charge is -2.18. The summed E-state index contributed by atoms with van der Waals surface area (Å²) >= 11 is 0. The lowest BCUT2D eigenvalue weighted by Crippen LogP contribution is -2.26. The van der Waals surface area contributed by atoms with Crippen molar-refractivity contribution in [2.75, 3.05) is 14.2 Å². The first-order valence-electron chi connectivity index (χ1n) is 10.0. The molecule has 11 heteroatoms. The van der Waals surface area contributed by atoms with Crippen LogP contribution < -0.4 is 15.0 Å². The quantitative estimate of drug-likeness (QED) is 0.503. The Morgan fingerprint density at radius 3 is 2.50 bits per heavy atom. The molecular weight excluding hydrogens is 420 g/mol. The summed E-state index contributed by atoms with van der Waals surface area (Å²) < 4.78 is 17.6. The summed E-state index contributed by atoms with van der Waals surface area (Å²) in [5, 5.41) is 26.9. The highest BCUT2D eigenvalue weighted by atomic mass is 16.5. The molecule has 0 bridgehead atoms. The van der Waals surface area contributed by atoms with Gasteiger partial charge in [0.2, 0.25) is 11.8 Å². The van der Waals surface area contributed by atoms with Gasteiger partial charge in [-0.2, -0.15) is 4.98 Å². The van der Waals surface area contributed by atoms with Crippen LogP contribution in [0.1, 0.15) is 31.0 Å². The van der Waals surface area contributed by atoms with Gasteiger partial charge in [-0.25, -0.2) is 0 Å². The van der Waals surface area contributed by atoms with Crippen LogP contribution in [0.2, 0.25) is 0 Å². The van der Waals surface area contributed by atoms with Crippen LogP contribution in [0.25, 0.3) is 17.1 Å². The standard InChI is InChI=1S/C21H22N4O7/c1-30-12-4-3-5-13(31-2)18(12)25-14(9-8-11-6-7-11)22-19(28)17(21(25)29)20-24-23-15(32-20)10-16(26)27/h3-5,11,28H,6-10H2,1-2H3,(H,26,27). The highest BCUT2D eigenvalue weighted by Gasteiger charge is 2.28. The van der Waals surface area contributed by atoms with E-state index in [1.165, 1.54) is 18.8 Å². The van der Waals surface area contributed by atoms with E-state index >= 15 is 0 Å². The molecule has 4 rings (SSSR count). The van der Waals surface area contributed by atoms with Gasteiger partial charge in [0.1, 0.15) is 29.4 Å². The van der Waals surface area contributed by atoms with Gasteiger partial charge in [-0.1, -0.05) is 18.9 Å². The van der Waals surface area contributed by atoms with Crippen LogP contribution in [0.3, 0.4) is 0 Å². The molecule has 168 valence electrons. The fourth-order valence-electron chi connectivity index (χ4n) is 3.49. The summed E-state index contributed by atoms with van der Waals surface area (Å²) in [4.78, 5) is 28.8. The van der Waals surface area contributed by atoms with Gasteiger partial charge >= 0.3 is 5.97 Å². The molecule has 0 saturated heterocycles. The second-order valence-corrected chi connectivity index (χ2v) is 7.43. The van der Waals surface area contributed by atoms with Crippen LogP contribution in [0.4, 0.5) is 0 Å². The molecule has 0 atom stereocenters. The Balaban J connectivity index is 1.93. The van der Waals surface area contributed by atoms with Crippen LogP contribution in [0.15, 0.2) is 27.4 Å². The van der Waals surface area contributed by atoms with E-state index < -0.39 is 23.8 Å². The Kier molecular flexibility index (Phi) is 5.80. The number of aromatic hydroxyl groups is 1. The molecule has 0 amide bonds. The second kappa shape index (κ2) is 8.69. The van der Waals surface area contributed by atoms with Gasteiger partial charge in [-0.05, 0) is 24.5 Å². The number of carboxylic acids is 1. The van der Waals surface area contributed by atoms with E-state index in [-0.39, 0.29) is 17.3 Å². The first kappa shape index (κ1) is 21.3. The molecule has 2 heterocycles. The highest BCUT2D eigenvalue weighted by molar-refractivity contribution is 5.69. The van der Waals surface area contributed by atoms with Crippen LogP contribution in [0.5, 0.6) is 17.4 Å². The molecule has 1 fully saturated rings. The Morgan fingerprint density at radius 1 is 1.22 bits per heavy atom. The van der Waals surface area contributed by atoms with Crippen molar-refractivity contribution in [2.45, 2.75) is 32.1 Å². The van der Waals surface area contributed by atoms with Gasteiger partial charge < -0.3 is 24.1 Å². The number of ether oxygens (including phenoxy) is 2. The third-order valence-corrected chi connectivity index (χ3v) is 5.22. The number of aromatic nitrogens is 4. The van der Waals surface area contributed by atoms with Crippen molar-refractivity contribution < 1.29 is 28.9 Å². The van der Waals surface area contributed by atoms with E-state index in [1.807, 2.05) is 0 Å². The average molecular weight is 442 g/mol. The lowest BCUT2D eigenvalue weighted by atomic mass is 10.1. The van der Waals surface area contributed by atoms with Gasteiger partial charge in [-0.3, -0.25) is 14.2 Å². The molecule has 1 aliphatic carbocycles. The predicted octanol–water partition coefficient (Wildman–Crippen LogP) is 1.97. The van der Waals surface area contributed by atoms with E-state index in [0.29, 0.717) is 35.3 Å². The average Bonchev–Trinajstić information content (AvgIpc) is 3.49. The molecule has 1 aromatic carbocycles. The zero-order valence-electron chi connectivity index (χ0n) is 17.6. The smallest absolute Gasteiger partial charge is 0.312 e. The fraction of sp³-hybridized carbons (Fsp3) is 0.381. The molecule has 1 aliphatic rings. The van der Waals surface area contributed by atoms with Crippen molar-refractivity contribution in [3.05, 3.63) is 40.3 Å². The van der Waals surface area contributed by atoms with Crippen LogP contribution in [0, 0.1) is 5.92 Å². The Bertz CT molecular complexity index is 1190. The first-order chi connectivity index (χ1) is 15.4. The van der Waals surface area contributed by atoms with Crippen molar-refractivity contribution in [3.8, 4) is 34.5 Å². The first-order valence-corrected chi connectivity index (χ1v) is 10.0. The molecule has 0 unspecified atom stereocenters. The summed E-state index contributed by atoms with van der Waals surface area (Å²) in [7, 11) is 2.94. The van der Waals surface area contributed by atoms with E-state index in [4.69, 9.17) is 19.0 Å². The third-order valence-electron chi connectivity index (χ3n) is 5.22. The summed E-state index contributed by atoms with van der Waals surface area (Å²) in [5.41, 5.74) is -0.679. The number of benzene rings is 1. The molecular formula is C21H22N4O7. The molecule has 0 spiro atoms. The number of aliphatic carboxylic acids is 1. The Labute approximate surface area is 182 Å². The van der Waals surface area contributed by atoms with Gasteiger partial charge in [0.15, 0.2) is 5.56 Å². The van der Waals surface area contributed by atoms with E-state index in [9.17, 15) is 14.7 Å². The van der Waals surface area contributed by atoms with E-state index in [1.54, 1.807) is 18.2 Å². The summed E-state index contributed by atoms with van der Waals surface area (Å²) in [6, 6.07) is 5.08. The number of methoxy groups -OCH3 is 2. The molecule has 1 saturated carbocycles. The van der Waals surface area contributed by atoms with Crippen molar-refractivity contribution in [1.29, 1.82) is 0 Å². The maximum Gasteiger partial charge on any atom is 0.312 e. The third kappa shape index (κ3) is 4.13. The Morgan fingerprint density at radius 2 is 1.91 bits per heavy atom. The minimum absolute atomic E-state index is 0.203. The maximum absolute atomic E-state index is 13.6. The number of nitrogens with zero attached hydrogens (tertiary/aromatic N) is 4. The second-order valence-electron chi connectivity index (χ2n) is 7.43. The van der Waals surface area contributed by atoms with Crippen LogP contribution in [-0.2, 0) is 17.6 Å². The molecule has 0 aliphatic heterocycles. The van der Waals surface area contributed by atoms with Gasteiger partial charge in [0, 0.05) is 6.42 Å². The number of carboxylic acid groups (broad SMARTS) is 1. The number of para-hydroxylation sites is 1. The normalized spacial score (nSPS) is 13.2. The Hall–Kier alpha value is -3.89. The van der Waals surface area contributed by atoms with Crippen LogP contribution >= 0.6 is 0 Å². The number of carbonyl (C=O) groups is 1. The minimum atomic E-state index is -1.17. The van der Waals surface area contributed by atoms with Gasteiger partial charge in [0.05, 0.1) is 14.2 Å². The number of hydrogen-bond donors (Lipinski definition) is 2. The number of aryl methyl sites for hydroxylation is 1. The number of rotatable bonds is 9. The molecule has 3 aromatic rings. The summed E-state index contributed by atoms with van der Waals surface area (Å²) in [6.45, 7) is 0. The molecule has 32 heavy (non-hydrogen) atoms. The van der Waals surface area contributed by atoms with E-state index in [2.05, 4.69) is 15.2 Å². The molecule has 0 radical (unpaired) electrons. The lowest BCUT2D eigenvalue weighted by molar-refractivity contribution is -0.136. The minimum Gasteiger partial charge on any atom is -0.494 e. The maximum atomic E-state index is 13.6. The molecule has 11 nitrogen and oxygen atoms in total. The van der Waals surface area contributed by atoms with Crippen molar-refractivity contribution in [3.63, 3.8) is 0 Å². The SMILES string of the molecule is COc1cccc(OC)c1-n1c(CCC2CC2)nc(O)c(-c2nnc(CC(=O)O)o2)c1=O. The highest BCUT2D eigenvalue weighted by Crippen LogP contribution is 2.36. The zero-order valence-corrected chi connectivity index (χ0v) is 17.6. The topological polar surface area (TPSA) is 150 Å². The van der Waals surface area contributed by atoms with Gasteiger partial charge in [0.25, 0.3) is 11.4 Å². The van der Waals surface area contributed by atoms with Crippen molar-refractivity contribution >= 4 is 5.97 Å². The zero-order chi connectivity index (χ0) is 22.8.